The van der Waals surface area contributed by atoms with Crippen LogP contribution in [0, 0.1) is 5.92 Å². The first-order valence-electron chi connectivity index (χ1n) is 7.07. The fourth-order valence-corrected chi connectivity index (χ4v) is 3.88. The van der Waals surface area contributed by atoms with E-state index in [1.807, 2.05) is 25.1 Å². The molecule has 0 radical (unpaired) electrons. The minimum absolute atomic E-state index is 0.0144. The molecule has 1 aromatic carbocycles. The van der Waals surface area contributed by atoms with Gasteiger partial charge in [-0.1, -0.05) is 24.3 Å². The number of benzene rings is 1. The second-order valence-corrected chi connectivity index (χ2v) is 6.13. The Kier molecular flexibility index (Phi) is 3.83. The topological polar surface area (TPSA) is 42.0 Å². The maximum Gasteiger partial charge on any atom is 0.224 e. The molecule has 1 N–H and O–H groups in total. The molecule has 1 heterocycles. The second kappa shape index (κ2) is 5.75. The van der Waals surface area contributed by atoms with E-state index < -0.39 is 0 Å². The van der Waals surface area contributed by atoms with Gasteiger partial charge in [0.2, 0.25) is 5.91 Å². The average molecular weight is 286 g/mol. The summed E-state index contributed by atoms with van der Waals surface area (Å²) in [7, 11) is 0. The Labute approximate surface area is 122 Å². The van der Waals surface area contributed by atoms with Crippen molar-refractivity contribution in [1.29, 1.82) is 0 Å². The van der Waals surface area contributed by atoms with Crippen molar-refractivity contribution in [2.24, 2.45) is 5.92 Å². The number of nitrogens with one attached hydrogen (secondary N) is 1. The first kappa shape index (κ1) is 13.3. The number of aromatic nitrogens is 1. The van der Waals surface area contributed by atoms with Gasteiger partial charge in [-0.15, -0.1) is 11.3 Å². The van der Waals surface area contributed by atoms with Crippen molar-refractivity contribution < 1.29 is 4.79 Å². The van der Waals surface area contributed by atoms with E-state index in [2.05, 4.69) is 23.5 Å². The van der Waals surface area contributed by atoms with Crippen molar-refractivity contribution in [2.45, 2.75) is 25.7 Å². The highest BCUT2D eigenvalue weighted by molar-refractivity contribution is 7.18. The van der Waals surface area contributed by atoms with Crippen LogP contribution in [-0.2, 0) is 4.79 Å². The number of nitrogens with zero attached hydrogens (tertiary/aromatic N) is 1. The number of para-hydroxylation sites is 1. The molecule has 104 valence electrons. The lowest BCUT2D eigenvalue weighted by molar-refractivity contribution is -0.125. The van der Waals surface area contributed by atoms with E-state index in [-0.39, 0.29) is 17.7 Å². The van der Waals surface area contributed by atoms with Gasteiger partial charge in [0, 0.05) is 12.5 Å². The minimum atomic E-state index is 0.0144. The van der Waals surface area contributed by atoms with Crippen LogP contribution in [0.25, 0.3) is 10.2 Å². The summed E-state index contributed by atoms with van der Waals surface area (Å²) >= 11 is 1.72. The Morgan fingerprint density at radius 3 is 2.95 bits per heavy atom. The summed E-state index contributed by atoms with van der Waals surface area (Å²) in [5.74, 6) is 0.380. The monoisotopic (exact) mass is 286 g/mol. The second-order valence-electron chi connectivity index (χ2n) is 5.07. The van der Waals surface area contributed by atoms with E-state index in [4.69, 9.17) is 4.98 Å². The highest BCUT2D eigenvalue weighted by Crippen LogP contribution is 2.38. The minimum Gasteiger partial charge on any atom is -0.356 e. The van der Waals surface area contributed by atoms with Crippen molar-refractivity contribution in [3.05, 3.63) is 41.4 Å². The van der Waals surface area contributed by atoms with Crippen LogP contribution in [0.1, 0.15) is 30.7 Å². The molecule has 0 saturated heterocycles. The van der Waals surface area contributed by atoms with Crippen LogP contribution in [0.5, 0.6) is 0 Å². The molecule has 3 nitrogen and oxygen atoms in total. The molecular formula is C16H18N2OS. The normalized spacial score (nSPS) is 22.1. The maximum atomic E-state index is 12.2. The summed E-state index contributed by atoms with van der Waals surface area (Å²) in [4.78, 5) is 17.0. The van der Waals surface area contributed by atoms with Crippen LogP contribution in [-0.4, -0.2) is 17.4 Å². The number of allylic oxidation sites excluding steroid dienone is 2. The summed E-state index contributed by atoms with van der Waals surface area (Å²) in [5.41, 5.74) is 1.04. The molecule has 1 aromatic heterocycles. The van der Waals surface area contributed by atoms with Gasteiger partial charge < -0.3 is 5.32 Å². The van der Waals surface area contributed by atoms with Crippen LogP contribution in [0.2, 0.25) is 0 Å². The van der Waals surface area contributed by atoms with Crippen LogP contribution >= 0.6 is 11.3 Å². The lowest BCUT2D eigenvalue weighted by Crippen LogP contribution is -2.34. The van der Waals surface area contributed by atoms with Crippen molar-refractivity contribution in [3.8, 4) is 0 Å². The molecule has 1 aliphatic rings. The standard InChI is InChI=1S/C16H18N2OS/c1-2-17-15(19)11-7-3-4-8-12(11)16-18-13-9-5-6-10-14(13)20-16/h3-6,9-12H,2,7-8H2,1H3,(H,17,19). The zero-order chi connectivity index (χ0) is 13.9. The summed E-state index contributed by atoms with van der Waals surface area (Å²) in [5, 5.41) is 4.04. The number of carbonyl (C=O) groups excluding carboxylic acids is 1. The third-order valence-corrected chi connectivity index (χ3v) is 4.92. The van der Waals surface area contributed by atoms with Gasteiger partial charge in [0.15, 0.2) is 0 Å². The molecule has 2 unspecified atom stereocenters. The van der Waals surface area contributed by atoms with E-state index in [1.54, 1.807) is 11.3 Å². The summed E-state index contributed by atoms with van der Waals surface area (Å²) < 4.78 is 1.20. The zero-order valence-corrected chi connectivity index (χ0v) is 12.3. The predicted molar refractivity (Wildman–Crippen MR) is 82.9 cm³/mol. The molecule has 2 aromatic rings. The fourth-order valence-electron chi connectivity index (χ4n) is 2.73. The molecule has 4 heteroatoms. The van der Waals surface area contributed by atoms with Gasteiger partial charge in [0.05, 0.1) is 21.1 Å². The zero-order valence-electron chi connectivity index (χ0n) is 11.5. The lowest BCUT2D eigenvalue weighted by atomic mass is 9.82. The first-order valence-corrected chi connectivity index (χ1v) is 7.89. The summed E-state index contributed by atoms with van der Waals surface area (Å²) in [6, 6.07) is 8.17. The van der Waals surface area contributed by atoms with E-state index >= 15 is 0 Å². The Morgan fingerprint density at radius 1 is 1.35 bits per heavy atom. The predicted octanol–water partition coefficient (Wildman–Crippen LogP) is 3.48. The number of rotatable bonds is 3. The number of hydrogen-bond donors (Lipinski definition) is 1. The van der Waals surface area contributed by atoms with Gasteiger partial charge in [-0.2, -0.15) is 0 Å². The molecule has 1 aliphatic carbocycles. The molecule has 0 fully saturated rings. The number of amides is 1. The van der Waals surface area contributed by atoms with Crippen LogP contribution < -0.4 is 5.32 Å². The molecule has 3 rings (SSSR count). The van der Waals surface area contributed by atoms with Crippen molar-refractivity contribution >= 4 is 27.5 Å². The van der Waals surface area contributed by atoms with Crippen LogP contribution in [0.3, 0.4) is 0 Å². The van der Waals surface area contributed by atoms with E-state index in [1.165, 1.54) is 4.70 Å². The van der Waals surface area contributed by atoms with Gasteiger partial charge in [-0.25, -0.2) is 4.98 Å². The van der Waals surface area contributed by atoms with Gasteiger partial charge in [-0.3, -0.25) is 4.79 Å². The maximum absolute atomic E-state index is 12.2. The van der Waals surface area contributed by atoms with Crippen molar-refractivity contribution in [1.82, 2.24) is 10.3 Å². The highest BCUT2D eigenvalue weighted by Gasteiger charge is 2.31. The molecule has 0 aliphatic heterocycles. The number of fused-ring (bicyclic) bond motifs is 1. The fraction of sp³-hybridized carbons (Fsp3) is 0.375. The van der Waals surface area contributed by atoms with E-state index in [0.29, 0.717) is 6.54 Å². The summed E-state index contributed by atoms with van der Waals surface area (Å²) in [6.07, 6.45) is 6.00. The SMILES string of the molecule is CCNC(=O)C1CC=CCC1c1nc2ccccc2s1. The molecule has 1 amide bonds. The molecule has 0 spiro atoms. The number of carbonyl (C=O) groups is 1. The third kappa shape index (κ3) is 2.48. The van der Waals surface area contributed by atoms with Crippen LogP contribution in [0.4, 0.5) is 0 Å². The smallest absolute Gasteiger partial charge is 0.224 e. The Bertz CT molecular complexity index is 614. The Hall–Kier alpha value is -1.68. The Balaban J connectivity index is 1.93. The van der Waals surface area contributed by atoms with Crippen molar-refractivity contribution in [3.63, 3.8) is 0 Å². The highest BCUT2D eigenvalue weighted by atomic mass is 32.1. The Morgan fingerprint density at radius 2 is 2.15 bits per heavy atom. The average Bonchev–Trinajstić information content (AvgIpc) is 2.91. The van der Waals surface area contributed by atoms with E-state index in [9.17, 15) is 4.79 Å². The number of thiazole rings is 1. The van der Waals surface area contributed by atoms with Gasteiger partial charge >= 0.3 is 0 Å². The molecule has 0 saturated carbocycles. The first-order chi connectivity index (χ1) is 9.79. The van der Waals surface area contributed by atoms with E-state index in [0.717, 1.165) is 23.4 Å². The lowest BCUT2D eigenvalue weighted by Gasteiger charge is -2.25. The largest absolute Gasteiger partial charge is 0.356 e. The van der Waals surface area contributed by atoms with Gasteiger partial charge in [-0.05, 0) is 31.9 Å². The molecular weight excluding hydrogens is 268 g/mol. The molecule has 20 heavy (non-hydrogen) atoms. The number of hydrogen-bond acceptors (Lipinski definition) is 3. The quantitative estimate of drug-likeness (QED) is 0.878. The third-order valence-electron chi connectivity index (χ3n) is 3.75. The van der Waals surface area contributed by atoms with Gasteiger partial charge in [0.25, 0.3) is 0 Å². The summed E-state index contributed by atoms with van der Waals surface area (Å²) in [6.45, 7) is 2.65. The molecule has 0 bridgehead atoms. The molecule has 2 atom stereocenters. The van der Waals surface area contributed by atoms with Crippen LogP contribution in [0.15, 0.2) is 36.4 Å². The van der Waals surface area contributed by atoms with Crippen molar-refractivity contribution in [2.75, 3.05) is 6.54 Å². The van der Waals surface area contributed by atoms with Gasteiger partial charge in [0.1, 0.15) is 0 Å².